The second-order valence-electron chi connectivity index (χ2n) is 5.04. The fraction of sp³-hybridized carbons (Fsp3) is 0.846. The minimum absolute atomic E-state index is 0.0974. The molecule has 0 bridgehead atoms. The third kappa shape index (κ3) is 4.20. The molecule has 1 rings (SSSR count). The first-order valence-corrected chi connectivity index (χ1v) is 6.86. The van der Waals surface area contributed by atoms with E-state index in [0.717, 1.165) is 32.1 Å². The Balaban J connectivity index is 2.63. The van der Waals surface area contributed by atoms with Gasteiger partial charge in [0.15, 0.2) is 0 Å². The van der Waals surface area contributed by atoms with Crippen LogP contribution >= 0.6 is 0 Å². The van der Waals surface area contributed by atoms with Gasteiger partial charge in [-0.05, 0) is 26.2 Å². The molecular weight excluding hydrogens is 232 g/mol. The Morgan fingerprint density at radius 1 is 1.39 bits per heavy atom. The fourth-order valence-electron chi connectivity index (χ4n) is 2.41. The first kappa shape index (κ1) is 14.8. The molecule has 0 radical (unpaired) electrons. The van der Waals surface area contributed by atoms with Crippen LogP contribution in [0.15, 0.2) is 0 Å². The van der Waals surface area contributed by atoms with E-state index in [1.165, 1.54) is 4.90 Å². The Bertz CT molecular complexity index is 294. The molecule has 1 aliphatic rings. The van der Waals surface area contributed by atoms with Crippen molar-refractivity contribution >= 4 is 12.0 Å². The van der Waals surface area contributed by atoms with Gasteiger partial charge in [-0.3, -0.25) is 0 Å². The number of likely N-dealkylation sites (tertiary alicyclic amines) is 1. The van der Waals surface area contributed by atoms with E-state index in [1.54, 1.807) is 0 Å². The zero-order valence-electron chi connectivity index (χ0n) is 11.3. The van der Waals surface area contributed by atoms with E-state index in [-0.39, 0.29) is 12.1 Å². The average Bonchev–Trinajstić information content (AvgIpc) is 2.54. The molecule has 5 nitrogen and oxygen atoms in total. The van der Waals surface area contributed by atoms with Crippen molar-refractivity contribution in [2.75, 3.05) is 6.54 Å². The number of aliphatic carboxylic acids is 1. The summed E-state index contributed by atoms with van der Waals surface area (Å²) in [6, 6.07) is -0.799. The third-order valence-corrected chi connectivity index (χ3v) is 3.39. The molecule has 0 aromatic carbocycles. The Morgan fingerprint density at radius 3 is 2.72 bits per heavy atom. The summed E-state index contributed by atoms with van der Waals surface area (Å²) in [4.78, 5) is 24.8. The van der Waals surface area contributed by atoms with Gasteiger partial charge in [0.25, 0.3) is 0 Å². The van der Waals surface area contributed by atoms with Gasteiger partial charge in [-0.2, -0.15) is 0 Å². The highest BCUT2D eigenvalue weighted by atomic mass is 16.4. The lowest BCUT2D eigenvalue weighted by atomic mass is 10.1. The van der Waals surface area contributed by atoms with Gasteiger partial charge in [-0.1, -0.05) is 26.2 Å². The van der Waals surface area contributed by atoms with Crippen LogP contribution in [0.3, 0.4) is 0 Å². The molecule has 0 aromatic rings. The first-order chi connectivity index (χ1) is 8.56. The quantitative estimate of drug-likeness (QED) is 0.810. The average molecular weight is 256 g/mol. The van der Waals surface area contributed by atoms with Gasteiger partial charge in [0.2, 0.25) is 0 Å². The van der Waals surface area contributed by atoms with E-state index in [9.17, 15) is 14.7 Å². The number of nitrogens with one attached hydrogen (secondary N) is 1. The van der Waals surface area contributed by atoms with Crippen molar-refractivity contribution in [2.45, 2.75) is 64.5 Å². The zero-order valence-corrected chi connectivity index (χ0v) is 11.3. The van der Waals surface area contributed by atoms with Crippen LogP contribution in [-0.2, 0) is 4.79 Å². The summed E-state index contributed by atoms with van der Waals surface area (Å²) in [5, 5.41) is 12.1. The number of carbonyl (C=O) groups excluding carboxylic acids is 1. The highest BCUT2D eigenvalue weighted by Crippen LogP contribution is 2.17. The van der Waals surface area contributed by atoms with Crippen molar-refractivity contribution in [3.05, 3.63) is 0 Å². The Morgan fingerprint density at radius 2 is 2.11 bits per heavy atom. The number of hydrogen-bond acceptors (Lipinski definition) is 2. The number of amides is 2. The second kappa shape index (κ2) is 7.24. The van der Waals surface area contributed by atoms with Crippen LogP contribution < -0.4 is 5.32 Å². The van der Waals surface area contributed by atoms with E-state index in [0.29, 0.717) is 13.0 Å². The normalized spacial score (nSPS) is 22.1. The second-order valence-corrected chi connectivity index (χ2v) is 5.04. The summed E-state index contributed by atoms with van der Waals surface area (Å²) >= 11 is 0. The predicted molar refractivity (Wildman–Crippen MR) is 69.5 cm³/mol. The number of carbonyl (C=O) groups is 2. The van der Waals surface area contributed by atoms with Gasteiger partial charge in [-0.15, -0.1) is 0 Å². The van der Waals surface area contributed by atoms with Gasteiger partial charge in [0, 0.05) is 12.6 Å². The van der Waals surface area contributed by atoms with E-state index in [1.807, 2.05) is 6.92 Å². The van der Waals surface area contributed by atoms with Gasteiger partial charge in [0.1, 0.15) is 6.04 Å². The lowest BCUT2D eigenvalue weighted by Crippen LogP contribution is -2.51. The molecule has 5 heteroatoms. The number of hydrogen-bond donors (Lipinski definition) is 2. The van der Waals surface area contributed by atoms with Crippen molar-refractivity contribution in [1.82, 2.24) is 10.2 Å². The molecule has 0 aromatic heterocycles. The fourth-order valence-corrected chi connectivity index (χ4v) is 2.41. The molecule has 2 N–H and O–H groups in total. The maximum Gasteiger partial charge on any atom is 0.326 e. The molecule has 2 atom stereocenters. The van der Waals surface area contributed by atoms with E-state index < -0.39 is 12.0 Å². The number of carboxylic acids is 1. The molecular formula is C13H24N2O3. The van der Waals surface area contributed by atoms with Crippen LogP contribution in [0.4, 0.5) is 4.79 Å². The Labute approximate surface area is 109 Å². The number of nitrogens with zero attached hydrogens (tertiary/aromatic N) is 1. The molecule has 2 amide bonds. The van der Waals surface area contributed by atoms with Crippen LogP contribution in [0.2, 0.25) is 0 Å². The topological polar surface area (TPSA) is 69.6 Å². The summed E-state index contributed by atoms with van der Waals surface area (Å²) < 4.78 is 0. The SMILES string of the molecule is CCCC(C)NC(=O)N1CCCCCC1C(=O)O. The number of rotatable bonds is 4. The van der Waals surface area contributed by atoms with E-state index >= 15 is 0 Å². The highest BCUT2D eigenvalue weighted by Gasteiger charge is 2.30. The largest absolute Gasteiger partial charge is 0.480 e. The number of urea groups is 1. The molecule has 0 saturated carbocycles. The van der Waals surface area contributed by atoms with Crippen LogP contribution in [0.1, 0.15) is 52.4 Å². The minimum atomic E-state index is -0.893. The Kier molecular flexibility index (Phi) is 5.95. The molecule has 1 saturated heterocycles. The van der Waals surface area contributed by atoms with Crippen molar-refractivity contribution in [3.63, 3.8) is 0 Å². The third-order valence-electron chi connectivity index (χ3n) is 3.39. The van der Waals surface area contributed by atoms with Crippen molar-refractivity contribution in [1.29, 1.82) is 0 Å². The minimum Gasteiger partial charge on any atom is -0.480 e. The first-order valence-electron chi connectivity index (χ1n) is 6.86. The molecule has 0 spiro atoms. The van der Waals surface area contributed by atoms with Crippen molar-refractivity contribution in [3.8, 4) is 0 Å². The standard InChI is InChI=1S/C13H24N2O3/c1-3-7-10(2)14-13(18)15-9-6-4-5-8-11(15)12(16)17/h10-11H,3-9H2,1-2H3,(H,14,18)(H,16,17). The van der Waals surface area contributed by atoms with Crippen LogP contribution in [0, 0.1) is 0 Å². The highest BCUT2D eigenvalue weighted by molar-refractivity contribution is 5.82. The monoisotopic (exact) mass is 256 g/mol. The molecule has 1 heterocycles. The summed E-state index contributed by atoms with van der Waals surface area (Å²) in [6.45, 7) is 4.56. The number of carboxylic acid groups (broad SMARTS) is 1. The summed E-state index contributed by atoms with van der Waals surface area (Å²) in [6.07, 6.45) is 5.24. The molecule has 18 heavy (non-hydrogen) atoms. The molecule has 1 aliphatic heterocycles. The summed E-state index contributed by atoms with van der Waals surface area (Å²) in [5.41, 5.74) is 0. The van der Waals surface area contributed by atoms with Crippen LogP contribution in [0.25, 0.3) is 0 Å². The van der Waals surface area contributed by atoms with Crippen LogP contribution in [0.5, 0.6) is 0 Å². The van der Waals surface area contributed by atoms with Gasteiger partial charge >= 0.3 is 12.0 Å². The molecule has 0 aliphatic carbocycles. The van der Waals surface area contributed by atoms with E-state index in [4.69, 9.17) is 0 Å². The predicted octanol–water partition coefficient (Wildman–Crippen LogP) is 2.21. The van der Waals surface area contributed by atoms with E-state index in [2.05, 4.69) is 12.2 Å². The maximum atomic E-state index is 12.1. The molecule has 104 valence electrons. The lowest BCUT2D eigenvalue weighted by molar-refractivity contribution is -0.142. The van der Waals surface area contributed by atoms with Gasteiger partial charge in [0.05, 0.1) is 0 Å². The molecule has 1 fully saturated rings. The summed E-state index contributed by atoms with van der Waals surface area (Å²) in [7, 11) is 0. The smallest absolute Gasteiger partial charge is 0.326 e. The Hall–Kier alpha value is -1.26. The van der Waals surface area contributed by atoms with Gasteiger partial charge < -0.3 is 15.3 Å². The van der Waals surface area contributed by atoms with Crippen molar-refractivity contribution in [2.24, 2.45) is 0 Å². The summed E-state index contributed by atoms with van der Waals surface area (Å²) in [5.74, 6) is -0.893. The molecule has 2 unspecified atom stereocenters. The van der Waals surface area contributed by atoms with Crippen molar-refractivity contribution < 1.29 is 14.7 Å². The zero-order chi connectivity index (χ0) is 13.5. The van der Waals surface area contributed by atoms with Gasteiger partial charge in [-0.25, -0.2) is 9.59 Å². The lowest BCUT2D eigenvalue weighted by Gasteiger charge is -2.28. The maximum absolute atomic E-state index is 12.1. The van der Waals surface area contributed by atoms with Crippen LogP contribution in [-0.4, -0.2) is 40.6 Å².